The molecule has 0 atom stereocenters. The summed E-state index contributed by atoms with van der Waals surface area (Å²) in [6, 6.07) is 16.8. The predicted octanol–water partition coefficient (Wildman–Crippen LogP) is 4.73. The molecule has 0 spiro atoms. The van der Waals surface area contributed by atoms with E-state index in [0.29, 0.717) is 10.0 Å². The summed E-state index contributed by atoms with van der Waals surface area (Å²) in [7, 11) is -8.48. The smallest absolute Gasteiger partial charge is 0.282 e. The lowest BCUT2D eigenvalue weighted by atomic mass is 9.94. The fraction of sp³-hybridized carbons (Fsp3) is 0. The second kappa shape index (κ2) is 8.29. The van der Waals surface area contributed by atoms with Crippen LogP contribution in [0.5, 0.6) is 0 Å². The van der Waals surface area contributed by atoms with E-state index in [2.05, 4.69) is 4.40 Å². The number of allylic oxidation sites excluding steroid dienone is 2. The van der Waals surface area contributed by atoms with Crippen molar-refractivity contribution in [1.82, 2.24) is 0 Å². The van der Waals surface area contributed by atoms with Crippen LogP contribution < -0.4 is 0 Å². The second-order valence-corrected chi connectivity index (χ2v) is 11.1. The highest BCUT2D eigenvalue weighted by atomic mass is 35.5. The second-order valence-electron chi connectivity index (χ2n) is 6.75. The Morgan fingerprint density at radius 3 is 1.72 bits per heavy atom. The number of carbonyl (C=O) groups is 1. The summed E-state index contributed by atoms with van der Waals surface area (Å²) in [5, 5.41) is 0.677. The van der Waals surface area contributed by atoms with Gasteiger partial charge in [-0.15, -0.1) is 0 Å². The highest BCUT2D eigenvalue weighted by Gasteiger charge is 2.34. The first-order chi connectivity index (χ1) is 15.1. The van der Waals surface area contributed by atoms with E-state index in [0.717, 1.165) is 6.08 Å². The van der Waals surface area contributed by atoms with Crippen LogP contribution in [0.25, 0.3) is 0 Å². The molecule has 0 saturated carbocycles. The zero-order valence-electron chi connectivity index (χ0n) is 16.1. The zero-order chi connectivity index (χ0) is 23.1. The third kappa shape index (κ3) is 4.14. The number of rotatable bonds is 4. The van der Waals surface area contributed by atoms with E-state index in [-0.39, 0.29) is 26.6 Å². The van der Waals surface area contributed by atoms with Crippen LogP contribution in [0.4, 0.5) is 0 Å². The summed E-state index contributed by atoms with van der Waals surface area (Å²) < 4.78 is 55.9. The SMILES string of the molecule is O=C1C(S(=O)(=O)c2ccc(Cl)cc2)=CC(=NS(=O)(=O)c2ccc(Cl)cc2)c2ccccc21. The van der Waals surface area contributed by atoms with E-state index in [1.165, 1.54) is 60.7 Å². The largest absolute Gasteiger partial charge is 0.288 e. The van der Waals surface area contributed by atoms with E-state index in [9.17, 15) is 21.6 Å². The minimum Gasteiger partial charge on any atom is -0.288 e. The highest BCUT2D eigenvalue weighted by Crippen LogP contribution is 2.30. The minimum atomic E-state index is -4.27. The molecule has 0 amide bonds. The van der Waals surface area contributed by atoms with Gasteiger partial charge in [0.2, 0.25) is 15.6 Å². The maximum absolute atomic E-state index is 13.2. The number of sulfone groups is 1. The van der Waals surface area contributed by atoms with Crippen molar-refractivity contribution in [3.05, 3.63) is 105 Å². The third-order valence-electron chi connectivity index (χ3n) is 4.68. The van der Waals surface area contributed by atoms with Crippen LogP contribution in [-0.4, -0.2) is 28.3 Å². The van der Waals surface area contributed by atoms with Crippen molar-refractivity contribution in [3.8, 4) is 0 Å². The Morgan fingerprint density at radius 1 is 0.656 bits per heavy atom. The first-order valence-electron chi connectivity index (χ1n) is 9.06. The van der Waals surface area contributed by atoms with Crippen LogP contribution in [0.2, 0.25) is 10.0 Å². The van der Waals surface area contributed by atoms with Gasteiger partial charge in [-0.05, 0) is 54.6 Å². The van der Waals surface area contributed by atoms with Gasteiger partial charge in [-0.25, -0.2) is 8.42 Å². The molecule has 1 aliphatic carbocycles. The predicted molar refractivity (Wildman–Crippen MR) is 123 cm³/mol. The summed E-state index contributed by atoms with van der Waals surface area (Å²) in [5.74, 6) is -0.751. The molecule has 10 heteroatoms. The number of fused-ring (bicyclic) bond motifs is 1. The number of nitrogens with zero attached hydrogens (tertiary/aromatic N) is 1. The Kier molecular flexibility index (Phi) is 5.81. The molecule has 0 heterocycles. The molecule has 162 valence electrons. The molecular formula is C22H13Cl2NO5S2. The van der Waals surface area contributed by atoms with Crippen molar-refractivity contribution in [1.29, 1.82) is 0 Å². The Bertz CT molecular complexity index is 1510. The topological polar surface area (TPSA) is 97.7 Å². The minimum absolute atomic E-state index is 0.0348. The molecule has 0 saturated heterocycles. The number of halogens is 2. The first-order valence-corrected chi connectivity index (χ1v) is 12.7. The quantitative estimate of drug-likeness (QED) is 0.510. The number of hydrogen-bond acceptors (Lipinski definition) is 5. The van der Waals surface area contributed by atoms with E-state index in [4.69, 9.17) is 23.2 Å². The Balaban J connectivity index is 1.92. The lowest BCUT2D eigenvalue weighted by Gasteiger charge is -2.17. The summed E-state index contributed by atoms with van der Waals surface area (Å²) in [6.45, 7) is 0. The monoisotopic (exact) mass is 505 g/mol. The van der Waals surface area contributed by atoms with Gasteiger partial charge in [0.25, 0.3) is 10.0 Å². The van der Waals surface area contributed by atoms with E-state index >= 15 is 0 Å². The molecular weight excluding hydrogens is 493 g/mol. The van der Waals surface area contributed by atoms with Crippen LogP contribution in [0.1, 0.15) is 15.9 Å². The average Bonchev–Trinajstić information content (AvgIpc) is 2.76. The van der Waals surface area contributed by atoms with Gasteiger partial charge in [0.1, 0.15) is 4.91 Å². The molecule has 0 unspecified atom stereocenters. The van der Waals surface area contributed by atoms with Crippen molar-refractivity contribution in [2.24, 2.45) is 4.40 Å². The highest BCUT2D eigenvalue weighted by molar-refractivity contribution is 7.96. The lowest BCUT2D eigenvalue weighted by Crippen LogP contribution is -2.23. The summed E-state index contributed by atoms with van der Waals surface area (Å²) in [6.07, 6.45) is 0.988. The van der Waals surface area contributed by atoms with Crippen LogP contribution in [-0.2, 0) is 19.9 Å². The van der Waals surface area contributed by atoms with Gasteiger partial charge in [0.05, 0.1) is 15.5 Å². The van der Waals surface area contributed by atoms with Crippen molar-refractivity contribution < 1.29 is 21.6 Å². The number of sulfonamides is 1. The first kappa shape index (κ1) is 22.4. The van der Waals surface area contributed by atoms with Gasteiger partial charge >= 0.3 is 0 Å². The van der Waals surface area contributed by atoms with Gasteiger partial charge in [-0.2, -0.15) is 12.8 Å². The van der Waals surface area contributed by atoms with Crippen LogP contribution in [0.3, 0.4) is 0 Å². The van der Waals surface area contributed by atoms with Gasteiger partial charge in [0, 0.05) is 21.2 Å². The molecule has 1 aliphatic rings. The molecule has 0 bridgehead atoms. The number of hydrogen-bond donors (Lipinski definition) is 0. The van der Waals surface area contributed by atoms with Crippen LogP contribution >= 0.6 is 23.2 Å². The maximum atomic E-state index is 13.2. The molecule has 6 nitrogen and oxygen atoms in total. The molecule has 3 aromatic carbocycles. The van der Waals surface area contributed by atoms with Crippen LogP contribution in [0.15, 0.2) is 98.0 Å². The van der Waals surface area contributed by atoms with Crippen LogP contribution in [0, 0.1) is 0 Å². The lowest BCUT2D eigenvalue weighted by molar-refractivity contribution is 0.104. The van der Waals surface area contributed by atoms with Gasteiger partial charge in [-0.1, -0.05) is 47.5 Å². The van der Waals surface area contributed by atoms with Crippen molar-refractivity contribution in [3.63, 3.8) is 0 Å². The van der Waals surface area contributed by atoms with E-state index in [1.807, 2.05) is 0 Å². The Morgan fingerprint density at radius 2 is 1.16 bits per heavy atom. The fourth-order valence-corrected chi connectivity index (χ4v) is 5.73. The average molecular weight is 506 g/mol. The van der Waals surface area contributed by atoms with Gasteiger partial charge in [-0.3, -0.25) is 4.79 Å². The standard InChI is InChI=1S/C22H13Cl2NO5S2/c23-14-5-9-16(10-6-14)31(27,28)21-13-20(18-3-1-2-4-19(18)22(21)26)25-32(29,30)17-11-7-15(24)8-12-17/h1-13H. The molecule has 0 aromatic heterocycles. The van der Waals surface area contributed by atoms with Crippen molar-refractivity contribution in [2.45, 2.75) is 9.79 Å². The molecule has 4 rings (SSSR count). The van der Waals surface area contributed by atoms with Crippen molar-refractivity contribution >= 4 is 54.6 Å². The number of Topliss-reactive ketones (excluding diaryl/α,β-unsaturated/α-hetero) is 1. The normalized spacial score (nSPS) is 15.4. The molecule has 0 radical (unpaired) electrons. The summed E-state index contributed by atoms with van der Waals surface area (Å²) in [5.41, 5.74) is 0.0837. The van der Waals surface area contributed by atoms with Gasteiger partial charge in [0.15, 0.2) is 0 Å². The molecule has 0 N–H and O–H groups in total. The third-order valence-corrected chi connectivity index (χ3v) is 8.27. The van der Waals surface area contributed by atoms with E-state index in [1.54, 1.807) is 12.1 Å². The number of ketones is 1. The zero-order valence-corrected chi connectivity index (χ0v) is 19.2. The maximum Gasteiger partial charge on any atom is 0.282 e. The van der Waals surface area contributed by atoms with E-state index < -0.39 is 30.5 Å². The molecule has 32 heavy (non-hydrogen) atoms. The van der Waals surface area contributed by atoms with Gasteiger partial charge < -0.3 is 0 Å². The summed E-state index contributed by atoms with van der Waals surface area (Å²) in [4.78, 5) is 12.2. The van der Waals surface area contributed by atoms with Crippen molar-refractivity contribution in [2.75, 3.05) is 0 Å². The Hall–Kier alpha value is -2.78. The Labute approximate surface area is 194 Å². The number of carbonyl (C=O) groups excluding carboxylic acids is 1. The molecule has 3 aromatic rings. The summed E-state index contributed by atoms with van der Waals surface area (Å²) >= 11 is 11.7. The number of benzene rings is 3. The molecule has 0 aliphatic heterocycles. The fourth-order valence-electron chi connectivity index (χ4n) is 3.11. The molecule has 0 fully saturated rings.